The molecule has 0 radical (unpaired) electrons. The van der Waals surface area contributed by atoms with Crippen molar-refractivity contribution in [1.82, 2.24) is 4.98 Å². The number of thiazole rings is 1. The van der Waals surface area contributed by atoms with Crippen molar-refractivity contribution in [2.75, 3.05) is 10.6 Å². The molecule has 1 aliphatic carbocycles. The normalized spacial score (nSPS) is 14.7. The number of ether oxygens (including phenoxy) is 1. The molecule has 3 rings (SSSR count). The second kappa shape index (κ2) is 9.19. The van der Waals surface area contributed by atoms with Crippen molar-refractivity contribution >= 4 is 34.7 Å². The first-order valence-corrected chi connectivity index (χ1v) is 10.6. The SMILES string of the molecule is CC(=O)Nc1cc(NC(=O)OC(C)C)ccc1-c1cnc(C2CCCCC2)s1. The summed E-state index contributed by atoms with van der Waals surface area (Å²) in [5.41, 5.74) is 2.11. The zero-order valence-corrected chi connectivity index (χ0v) is 17.4. The van der Waals surface area contributed by atoms with Gasteiger partial charge in [-0.1, -0.05) is 19.3 Å². The van der Waals surface area contributed by atoms with E-state index in [9.17, 15) is 9.59 Å². The highest BCUT2D eigenvalue weighted by atomic mass is 32.1. The van der Waals surface area contributed by atoms with E-state index in [1.54, 1.807) is 31.3 Å². The van der Waals surface area contributed by atoms with Crippen molar-refractivity contribution < 1.29 is 14.3 Å². The van der Waals surface area contributed by atoms with Crippen LogP contribution in [-0.4, -0.2) is 23.1 Å². The Kier molecular flexibility index (Phi) is 6.67. The summed E-state index contributed by atoms with van der Waals surface area (Å²) in [5.74, 6) is 0.378. The molecule has 2 aromatic rings. The molecule has 150 valence electrons. The fraction of sp³-hybridized carbons (Fsp3) is 0.476. The number of carbonyl (C=O) groups excluding carboxylic acids is 2. The van der Waals surface area contributed by atoms with Crippen LogP contribution < -0.4 is 10.6 Å². The van der Waals surface area contributed by atoms with Crippen molar-refractivity contribution in [2.24, 2.45) is 0 Å². The molecule has 1 aromatic carbocycles. The second-order valence-electron chi connectivity index (χ2n) is 7.42. The molecule has 7 heteroatoms. The average Bonchev–Trinajstić information content (AvgIpc) is 3.11. The van der Waals surface area contributed by atoms with Crippen LogP contribution >= 0.6 is 11.3 Å². The van der Waals surface area contributed by atoms with Gasteiger partial charge in [-0.15, -0.1) is 11.3 Å². The Bertz CT molecular complexity index is 841. The number of carbonyl (C=O) groups is 2. The van der Waals surface area contributed by atoms with Crippen LogP contribution in [0.5, 0.6) is 0 Å². The second-order valence-corrected chi connectivity index (χ2v) is 8.48. The third kappa shape index (κ3) is 5.32. The number of nitrogens with zero attached hydrogens (tertiary/aromatic N) is 1. The maximum Gasteiger partial charge on any atom is 0.411 e. The van der Waals surface area contributed by atoms with Gasteiger partial charge in [0.1, 0.15) is 0 Å². The Morgan fingerprint density at radius 2 is 1.93 bits per heavy atom. The van der Waals surface area contributed by atoms with Gasteiger partial charge in [-0.05, 0) is 44.9 Å². The number of hydrogen-bond donors (Lipinski definition) is 2. The molecule has 1 heterocycles. The van der Waals surface area contributed by atoms with E-state index in [0.29, 0.717) is 17.3 Å². The molecular formula is C21H27N3O3S. The van der Waals surface area contributed by atoms with Gasteiger partial charge in [-0.2, -0.15) is 0 Å². The van der Waals surface area contributed by atoms with Crippen molar-refractivity contribution in [3.8, 4) is 10.4 Å². The molecule has 1 aromatic heterocycles. The Morgan fingerprint density at radius 3 is 2.61 bits per heavy atom. The number of rotatable bonds is 5. The summed E-state index contributed by atoms with van der Waals surface area (Å²) in [6.45, 7) is 5.05. The summed E-state index contributed by atoms with van der Waals surface area (Å²) in [7, 11) is 0. The number of nitrogens with one attached hydrogen (secondary N) is 2. The zero-order chi connectivity index (χ0) is 20.1. The van der Waals surface area contributed by atoms with Gasteiger partial charge in [-0.3, -0.25) is 10.1 Å². The fourth-order valence-electron chi connectivity index (χ4n) is 3.44. The Morgan fingerprint density at radius 1 is 1.18 bits per heavy atom. The van der Waals surface area contributed by atoms with Crippen LogP contribution in [0.25, 0.3) is 10.4 Å². The Balaban J connectivity index is 1.84. The minimum Gasteiger partial charge on any atom is -0.447 e. The molecule has 0 atom stereocenters. The minimum absolute atomic E-state index is 0.167. The quantitative estimate of drug-likeness (QED) is 0.666. The van der Waals surface area contributed by atoms with E-state index in [0.717, 1.165) is 10.4 Å². The van der Waals surface area contributed by atoms with Crippen LogP contribution in [0, 0.1) is 0 Å². The van der Waals surface area contributed by atoms with Crippen molar-refractivity contribution in [2.45, 2.75) is 64.9 Å². The van der Waals surface area contributed by atoms with E-state index in [4.69, 9.17) is 4.74 Å². The molecule has 0 spiro atoms. The molecule has 2 amide bonds. The first-order chi connectivity index (χ1) is 13.4. The minimum atomic E-state index is -0.520. The lowest BCUT2D eigenvalue weighted by Crippen LogP contribution is -2.18. The van der Waals surface area contributed by atoms with Gasteiger partial charge in [0.25, 0.3) is 0 Å². The first kappa shape index (κ1) is 20.3. The van der Waals surface area contributed by atoms with E-state index >= 15 is 0 Å². The highest BCUT2D eigenvalue weighted by Gasteiger charge is 2.20. The molecule has 28 heavy (non-hydrogen) atoms. The average molecular weight is 402 g/mol. The maximum atomic E-state index is 11.9. The lowest BCUT2D eigenvalue weighted by Gasteiger charge is -2.18. The van der Waals surface area contributed by atoms with Crippen LogP contribution in [0.1, 0.15) is 63.8 Å². The van der Waals surface area contributed by atoms with Crippen LogP contribution in [-0.2, 0) is 9.53 Å². The third-order valence-electron chi connectivity index (χ3n) is 4.66. The van der Waals surface area contributed by atoms with Gasteiger partial charge in [0.05, 0.1) is 21.7 Å². The molecule has 0 bridgehead atoms. The molecule has 6 nitrogen and oxygen atoms in total. The van der Waals surface area contributed by atoms with E-state index < -0.39 is 6.09 Å². The van der Waals surface area contributed by atoms with E-state index in [2.05, 4.69) is 15.6 Å². The van der Waals surface area contributed by atoms with E-state index in [-0.39, 0.29) is 12.0 Å². The Labute approximate surface area is 169 Å². The maximum absolute atomic E-state index is 11.9. The molecule has 0 saturated heterocycles. The van der Waals surface area contributed by atoms with Gasteiger partial charge in [0, 0.05) is 30.3 Å². The van der Waals surface area contributed by atoms with Crippen molar-refractivity contribution in [3.63, 3.8) is 0 Å². The number of aromatic nitrogens is 1. The van der Waals surface area contributed by atoms with Crippen molar-refractivity contribution in [3.05, 3.63) is 29.4 Å². The molecule has 1 fully saturated rings. The summed E-state index contributed by atoms with van der Waals surface area (Å²) in [6.07, 6.45) is 7.41. The Hall–Kier alpha value is -2.41. The predicted molar refractivity (Wildman–Crippen MR) is 113 cm³/mol. The monoisotopic (exact) mass is 401 g/mol. The molecule has 0 unspecified atom stereocenters. The summed E-state index contributed by atoms with van der Waals surface area (Å²) in [5, 5.41) is 6.73. The van der Waals surface area contributed by atoms with Crippen LogP contribution in [0.4, 0.5) is 16.2 Å². The zero-order valence-electron chi connectivity index (χ0n) is 16.6. The summed E-state index contributed by atoms with van der Waals surface area (Å²) in [6, 6.07) is 5.45. The van der Waals surface area contributed by atoms with E-state index in [1.807, 2.05) is 18.3 Å². The standard InChI is InChI=1S/C21H27N3O3S/c1-13(2)27-21(26)24-16-9-10-17(18(11-16)23-14(3)25)19-12-22-20(28-19)15-7-5-4-6-8-15/h9-13,15H,4-8H2,1-3H3,(H,23,25)(H,24,26). The highest BCUT2D eigenvalue weighted by Crippen LogP contribution is 2.40. The van der Waals surface area contributed by atoms with Crippen LogP contribution in [0.15, 0.2) is 24.4 Å². The smallest absolute Gasteiger partial charge is 0.411 e. The summed E-state index contributed by atoms with van der Waals surface area (Å²) < 4.78 is 5.12. The van der Waals surface area contributed by atoms with Gasteiger partial charge in [0.15, 0.2) is 0 Å². The topological polar surface area (TPSA) is 80.3 Å². The first-order valence-electron chi connectivity index (χ1n) is 9.77. The largest absolute Gasteiger partial charge is 0.447 e. The van der Waals surface area contributed by atoms with Gasteiger partial charge in [-0.25, -0.2) is 9.78 Å². The molecule has 1 aliphatic rings. The highest BCUT2D eigenvalue weighted by molar-refractivity contribution is 7.15. The third-order valence-corrected chi connectivity index (χ3v) is 5.86. The lowest BCUT2D eigenvalue weighted by molar-refractivity contribution is -0.114. The number of benzene rings is 1. The number of hydrogen-bond acceptors (Lipinski definition) is 5. The molecule has 1 saturated carbocycles. The summed E-state index contributed by atoms with van der Waals surface area (Å²) >= 11 is 1.69. The van der Waals surface area contributed by atoms with Crippen molar-refractivity contribution in [1.29, 1.82) is 0 Å². The molecule has 0 aliphatic heterocycles. The van der Waals surface area contributed by atoms with Crippen LogP contribution in [0.2, 0.25) is 0 Å². The van der Waals surface area contributed by atoms with E-state index in [1.165, 1.54) is 44.0 Å². The number of amides is 2. The fourth-order valence-corrected chi connectivity index (χ4v) is 4.57. The predicted octanol–water partition coefficient (Wildman–Crippen LogP) is 5.77. The lowest BCUT2D eigenvalue weighted by atomic mass is 9.90. The van der Waals surface area contributed by atoms with Gasteiger partial charge in [0.2, 0.25) is 5.91 Å². The van der Waals surface area contributed by atoms with Gasteiger partial charge >= 0.3 is 6.09 Å². The van der Waals surface area contributed by atoms with Gasteiger partial charge < -0.3 is 10.1 Å². The van der Waals surface area contributed by atoms with Crippen LogP contribution in [0.3, 0.4) is 0 Å². The number of anilines is 2. The molecule has 2 N–H and O–H groups in total. The molecular weight excluding hydrogens is 374 g/mol. The summed E-state index contributed by atoms with van der Waals surface area (Å²) in [4.78, 5) is 29.2.